The van der Waals surface area contributed by atoms with Crippen molar-refractivity contribution in [1.82, 2.24) is 29.3 Å². The minimum Gasteiger partial charge on any atom is -0.477 e. The molecule has 0 unspecified atom stereocenters. The number of rotatable bonds is 5. The summed E-state index contributed by atoms with van der Waals surface area (Å²) in [5, 5.41) is 8.60. The van der Waals surface area contributed by atoms with E-state index >= 15 is 0 Å². The van der Waals surface area contributed by atoms with Crippen molar-refractivity contribution in [1.29, 1.82) is 0 Å². The molecule has 1 amide bonds. The lowest BCUT2D eigenvalue weighted by Crippen LogP contribution is -2.41. The van der Waals surface area contributed by atoms with Gasteiger partial charge in [0.05, 0.1) is 29.5 Å². The van der Waals surface area contributed by atoms with Crippen LogP contribution in [0.15, 0.2) is 35.5 Å². The van der Waals surface area contributed by atoms with E-state index in [-0.39, 0.29) is 47.7 Å². The Hall–Kier alpha value is -3.62. The van der Waals surface area contributed by atoms with Crippen molar-refractivity contribution in [3.8, 4) is 11.7 Å². The van der Waals surface area contributed by atoms with Gasteiger partial charge in [0.1, 0.15) is 10.7 Å². The average molecular weight is 636 g/mol. The smallest absolute Gasteiger partial charge is 0.394 e. The number of aryl methyl sites for hydroxylation is 1. The monoisotopic (exact) mass is 635 g/mol. The molecule has 3 aromatic rings. The highest BCUT2D eigenvalue weighted by Gasteiger charge is 2.62. The van der Waals surface area contributed by atoms with Gasteiger partial charge < -0.3 is 9.64 Å². The highest BCUT2D eigenvalue weighted by molar-refractivity contribution is 7.90. The molecular weight excluding hydrogens is 599 g/mol. The second-order valence-corrected chi connectivity index (χ2v) is 14.4. The van der Waals surface area contributed by atoms with Crippen LogP contribution in [0.2, 0.25) is 0 Å². The maximum atomic E-state index is 13.6. The quantitative estimate of drug-likeness (QED) is 0.425. The number of aromatic nitrogens is 5. The number of sulfonamides is 1. The number of ether oxygens (including phenoxy) is 1. The second-order valence-electron chi connectivity index (χ2n) is 12.8. The van der Waals surface area contributed by atoms with Crippen molar-refractivity contribution < 1.29 is 31.1 Å². The maximum absolute atomic E-state index is 13.6. The van der Waals surface area contributed by atoms with Gasteiger partial charge in [0.15, 0.2) is 5.82 Å². The standard InChI is InChI=1S/C29H36F3N7O4S/c1-19-22-17-33-38(19)13-5-4-6-20-16-27(2,3)37(18-20)25-21(26(40)36-44(22,41)42)7-8-23(34-25)39-14-9-24(35-39)43-15-12-28(10-11-28)29(30,31)32/h7-9,14,17,20H,4-6,10-13,15-16,18H2,1-3H3,(H,36,40)/t20-/m1/s1. The number of anilines is 1. The summed E-state index contributed by atoms with van der Waals surface area (Å²) in [7, 11) is -4.22. The summed E-state index contributed by atoms with van der Waals surface area (Å²) in [6.07, 6.45) is 2.28. The molecule has 2 aliphatic heterocycles. The maximum Gasteiger partial charge on any atom is 0.394 e. The number of alkyl halides is 3. The number of halogens is 3. The molecule has 1 atom stereocenters. The molecule has 0 spiro atoms. The van der Waals surface area contributed by atoms with Crippen molar-refractivity contribution in [3.05, 3.63) is 41.9 Å². The summed E-state index contributed by atoms with van der Waals surface area (Å²) >= 11 is 0. The van der Waals surface area contributed by atoms with Crippen LogP contribution in [0.25, 0.3) is 5.82 Å². The molecule has 3 aromatic heterocycles. The van der Waals surface area contributed by atoms with Gasteiger partial charge in [0.2, 0.25) is 5.88 Å². The van der Waals surface area contributed by atoms with Gasteiger partial charge in [-0.1, -0.05) is 6.42 Å². The third-order valence-corrected chi connectivity index (χ3v) is 10.6. The van der Waals surface area contributed by atoms with Gasteiger partial charge in [-0.15, -0.1) is 5.10 Å². The van der Waals surface area contributed by atoms with E-state index in [1.54, 1.807) is 29.9 Å². The van der Waals surface area contributed by atoms with Gasteiger partial charge in [-0.25, -0.2) is 22.8 Å². The van der Waals surface area contributed by atoms with Crippen molar-refractivity contribution in [2.45, 2.75) is 88.9 Å². The van der Waals surface area contributed by atoms with Gasteiger partial charge in [-0.3, -0.25) is 9.48 Å². The molecule has 1 saturated carbocycles. The van der Waals surface area contributed by atoms with Crippen molar-refractivity contribution in [3.63, 3.8) is 0 Å². The first-order valence-corrected chi connectivity index (χ1v) is 16.3. The Bertz CT molecular complexity index is 1680. The third-order valence-electron chi connectivity index (χ3n) is 9.21. The van der Waals surface area contributed by atoms with E-state index < -0.39 is 27.5 Å². The number of nitrogens with one attached hydrogen (secondary N) is 1. The van der Waals surface area contributed by atoms with E-state index in [1.807, 2.05) is 0 Å². The van der Waals surface area contributed by atoms with Crippen LogP contribution in [0.5, 0.6) is 5.88 Å². The largest absolute Gasteiger partial charge is 0.477 e. The lowest BCUT2D eigenvalue weighted by Gasteiger charge is -2.34. The van der Waals surface area contributed by atoms with Crippen LogP contribution >= 0.6 is 0 Å². The molecule has 1 N–H and O–H groups in total. The fourth-order valence-corrected chi connectivity index (χ4v) is 7.58. The number of amides is 1. The Morgan fingerprint density at radius 1 is 1.16 bits per heavy atom. The topological polar surface area (TPSA) is 124 Å². The molecule has 4 bridgehead atoms. The van der Waals surface area contributed by atoms with Gasteiger partial charge in [-0.05, 0) is 77.3 Å². The summed E-state index contributed by atoms with van der Waals surface area (Å²) in [4.78, 5) is 20.4. The molecule has 44 heavy (non-hydrogen) atoms. The minimum absolute atomic E-state index is 0.0547. The van der Waals surface area contributed by atoms with E-state index in [0.29, 0.717) is 36.3 Å². The molecule has 238 valence electrons. The third kappa shape index (κ3) is 5.66. The fraction of sp³-hybridized carbons (Fsp3) is 0.586. The lowest BCUT2D eigenvalue weighted by molar-refractivity contribution is -0.190. The molecule has 11 nitrogen and oxygen atoms in total. The SMILES string of the molecule is Cc1c2cnn1CCCC[C@H]1CN(c3nc(-n4ccc(OCCC5(C(F)(F)F)CC5)n4)ccc3C(=O)NS2(=O)=O)C(C)(C)C1. The summed E-state index contributed by atoms with van der Waals surface area (Å²) in [6, 6.07) is 4.60. The summed E-state index contributed by atoms with van der Waals surface area (Å²) in [5.74, 6) is 0.345. The van der Waals surface area contributed by atoms with Crippen LogP contribution in [0.1, 0.15) is 74.8 Å². The molecule has 15 heteroatoms. The number of hydrogen-bond acceptors (Lipinski definition) is 8. The van der Waals surface area contributed by atoms with Gasteiger partial charge in [-0.2, -0.15) is 18.3 Å². The first-order valence-electron chi connectivity index (χ1n) is 14.8. The van der Waals surface area contributed by atoms with Crippen LogP contribution in [-0.4, -0.2) is 63.7 Å². The molecule has 5 heterocycles. The van der Waals surface area contributed by atoms with Crippen LogP contribution < -0.4 is 14.4 Å². The number of nitrogens with zero attached hydrogens (tertiary/aromatic N) is 6. The minimum atomic E-state index is -4.25. The Balaban J connectivity index is 1.30. The fourth-order valence-electron chi connectivity index (χ4n) is 6.44. The van der Waals surface area contributed by atoms with E-state index in [9.17, 15) is 26.4 Å². The number of carbonyl (C=O) groups excluding carboxylic acids is 1. The highest BCUT2D eigenvalue weighted by Crippen LogP contribution is 2.59. The zero-order valence-electron chi connectivity index (χ0n) is 24.9. The van der Waals surface area contributed by atoms with Crippen molar-refractivity contribution in [2.24, 2.45) is 11.3 Å². The normalized spacial score (nSPS) is 22.5. The molecule has 0 aromatic carbocycles. The van der Waals surface area contributed by atoms with Crippen molar-refractivity contribution >= 4 is 21.7 Å². The first kappa shape index (κ1) is 30.4. The number of fused-ring (bicyclic) bond motifs is 6. The predicted octanol–water partition coefficient (Wildman–Crippen LogP) is 4.79. The highest BCUT2D eigenvalue weighted by atomic mass is 32.2. The number of hydrogen-bond donors (Lipinski definition) is 1. The Labute approximate surface area is 253 Å². The van der Waals surface area contributed by atoms with Crippen LogP contribution in [0.4, 0.5) is 19.0 Å². The molecule has 1 aliphatic carbocycles. The molecule has 0 radical (unpaired) electrons. The second kappa shape index (κ2) is 10.8. The summed E-state index contributed by atoms with van der Waals surface area (Å²) in [6.45, 7) is 6.91. The summed E-state index contributed by atoms with van der Waals surface area (Å²) < 4.78 is 77.2. The van der Waals surface area contributed by atoms with Crippen molar-refractivity contribution in [2.75, 3.05) is 18.1 Å². The zero-order valence-corrected chi connectivity index (χ0v) is 25.7. The average Bonchev–Trinajstić information content (AvgIpc) is 3.27. The first-order chi connectivity index (χ1) is 20.7. The number of pyridine rings is 1. The van der Waals surface area contributed by atoms with Crippen LogP contribution in [0.3, 0.4) is 0 Å². The van der Waals surface area contributed by atoms with E-state index in [2.05, 4.69) is 33.7 Å². The van der Waals surface area contributed by atoms with E-state index in [4.69, 9.17) is 9.72 Å². The Morgan fingerprint density at radius 3 is 2.66 bits per heavy atom. The van der Waals surface area contributed by atoms with Gasteiger partial charge >= 0.3 is 6.18 Å². The van der Waals surface area contributed by atoms with Gasteiger partial charge in [0, 0.05) is 30.9 Å². The Kier molecular flexibility index (Phi) is 7.45. The zero-order chi connectivity index (χ0) is 31.5. The van der Waals surface area contributed by atoms with E-state index in [1.165, 1.54) is 16.9 Å². The predicted molar refractivity (Wildman–Crippen MR) is 154 cm³/mol. The summed E-state index contributed by atoms with van der Waals surface area (Å²) in [5.41, 5.74) is -1.48. The lowest BCUT2D eigenvalue weighted by atomic mass is 9.93. The Morgan fingerprint density at radius 2 is 1.93 bits per heavy atom. The molecule has 6 rings (SSSR count). The van der Waals surface area contributed by atoms with Crippen LogP contribution in [0, 0.1) is 18.3 Å². The molecular formula is C29H36F3N7O4S. The molecule has 3 aliphatic rings. The molecule has 2 fully saturated rings. The van der Waals surface area contributed by atoms with Gasteiger partial charge in [0.25, 0.3) is 15.9 Å². The molecule has 1 saturated heterocycles. The van der Waals surface area contributed by atoms with Crippen LogP contribution in [-0.2, 0) is 16.6 Å². The van der Waals surface area contributed by atoms with E-state index in [0.717, 1.165) is 25.7 Å². The number of carbonyl (C=O) groups is 1.